The number of hydrogen-bond donors (Lipinski definition) is 1. The second kappa shape index (κ2) is 15.2. The molecule has 0 saturated carbocycles. The number of rotatable bonds is 13. The standard InChI is InChI=1S/C34H35Cl2N3O4S/c1-25(2)22-37-34(41)32(20-26-12-6-3-7-13-26)38(23-27-18-19-28(35)21-31(27)36)33(40)24-39(29-14-8-4-9-15-29)44(42,43)30-16-10-5-11-17-30/h3-19,21,25,32H,20,22-24H2,1-2H3,(H,37,41)/t32-/m0/s1. The summed E-state index contributed by atoms with van der Waals surface area (Å²) in [7, 11) is -4.15. The number of benzene rings is 4. The minimum atomic E-state index is -4.15. The van der Waals surface area contributed by atoms with E-state index >= 15 is 0 Å². The maximum atomic E-state index is 14.4. The minimum Gasteiger partial charge on any atom is -0.354 e. The van der Waals surface area contributed by atoms with E-state index in [1.165, 1.54) is 17.0 Å². The lowest BCUT2D eigenvalue weighted by atomic mass is 10.0. The van der Waals surface area contributed by atoms with Gasteiger partial charge in [-0.25, -0.2) is 8.42 Å². The summed E-state index contributed by atoms with van der Waals surface area (Å²) in [6, 6.07) is 29.7. The Morgan fingerprint density at radius 3 is 2.00 bits per heavy atom. The zero-order valence-corrected chi connectivity index (χ0v) is 26.9. The minimum absolute atomic E-state index is 0.0412. The van der Waals surface area contributed by atoms with Crippen LogP contribution in [-0.2, 0) is 32.6 Å². The molecular weight excluding hydrogens is 617 g/mol. The van der Waals surface area contributed by atoms with Crippen LogP contribution in [0.5, 0.6) is 0 Å². The van der Waals surface area contributed by atoms with E-state index in [0.29, 0.717) is 27.8 Å². The molecule has 1 N–H and O–H groups in total. The van der Waals surface area contributed by atoms with E-state index < -0.39 is 28.5 Å². The normalized spacial score (nSPS) is 12.0. The molecule has 0 heterocycles. The number of nitrogens with one attached hydrogen (secondary N) is 1. The molecule has 7 nitrogen and oxygen atoms in total. The summed E-state index contributed by atoms with van der Waals surface area (Å²) in [5.74, 6) is -0.742. The number of halogens is 2. The van der Waals surface area contributed by atoms with Gasteiger partial charge < -0.3 is 10.2 Å². The van der Waals surface area contributed by atoms with Crippen molar-refractivity contribution in [2.45, 2.75) is 37.8 Å². The van der Waals surface area contributed by atoms with Crippen molar-refractivity contribution >= 4 is 50.7 Å². The molecule has 0 saturated heterocycles. The number of hydrogen-bond acceptors (Lipinski definition) is 4. The van der Waals surface area contributed by atoms with E-state index in [1.54, 1.807) is 66.7 Å². The molecule has 0 aromatic heterocycles. The Morgan fingerprint density at radius 1 is 0.818 bits per heavy atom. The van der Waals surface area contributed by atoms with Crippen LogP contribution in [0.1, 0.15) is 25.0 Å². The van der Waals surface area contributed by atoms with Gasteiger partial charge in [0, 0.05) is 29.6 Å². The molecular formula is C34H35Cl2N3O4S. The maximum Gasteiger partial charge on any atom is 0.264 e. The number of para-hydroxylation sites is 1. The first-order chi connectivity index (χ1) is 21.1. The van der Waals surface area contributed by atoms with Crippen LogP contribution in [-0.4, -0.2) is 44.3 Å². The van der Waals surface area contributed by atoms with E-state index in [9.17, 15) is 18.0 Å². The third-order valence-electron chi connectivity index (χ3n) is 6.97. The van der Waals surface area contributed by atoms with Crippen LogP contribution < -0.4 is 9.62 Å². The van der Waals surface area contributed by atoms with Crippen LogP contribution in [0, 0.1) is 5.92 Å². The molecule has 44 heavy (non-hydrogen) atoms. The van der Waals surface area contributed by atoms with Gasteiger partial charge in [-0.3, -0.25) is 13.9 Å². The fourth-order valence-electron chi connectivity index (χ4n) is 4.65. The zero-order chi connectivity index (χ0) is 31.7. The predicted octanol–water partition coefficient (Wildman–Crippen LogP) is 6.60. The summed E-state index contributed by atoms with van der Waals surface area (Å²) in [6.45, 7) is 3.78. The molecule has 0 aliphatic heterocycles. The SMILES string of the molecule is CC(C)CNC(=O)[C@H](Cc1ccccc1)N(Cc1ccc(Cl)cc1Cl)C(=O)CN(c1ccccc1)S(=O)(=O)c1ccccc1. The lowest BCUT2D eigenvalue weighted by molar-refractivity contribution is -0.140. The van der Waals surface area contributed by atoms with E-state index in [0.717, 1.165) is 9.87 Å². The second-order valence-electron chi connectivity index (χ2n) is 10.8. The molecule has 2 amide bonds. The largest absolute Gasteiger partial charge is 0.354 e. The summed E-state index contributed by atoms with van der Waals surface area (Å²) in [5, 5.41) is 3.72. The summed E-state index contributed by atoms with van der Waals surface area (Å²) in [4.78, 5) is 29.7. The second-order valence-corrected chi connectivity index (χ2v) is 13.5. The van der Waals surface area contributed by atoms with Crippen LogP contribution >= 0.6 is 23.2 Å². The van der Waals surface area contributed by atoms with Crippen LogP contribution in [0.15, 0.2) is 114 Å². The van der Waals surface area contributed by atoms with Gasteiger partial charge in [0.25, 0.3) is 10.0 Å². The van der Waals surface area contributed by atoms with Crippen LogP contribution in [0.25, 0.3) is 0 Å². The maximum absolute atomic E-state index is 14.4. The monoisotopic (exact) mass is 651 g/mol. The Labute approximate surface area is 269 Å². The Hall–Kier alpha value is -3.85. The average molecular weight is 653 g/mol. The fourth-order valence-corrected chi connectivity index (χ4v) is 6.56. The number of carbonyl (C=O) groups excluding carboxylic acids is 2. The van der Waals surface area contributed by atoms with Crippen molar-refractivity contribution in [3.63, 3.8) is 0 Å². The van der Waals surface area contributed by atoms with Gasteiger partial charge in [0.15, 0.2) is 0 Å². The van der Waals surface area contributed by atoms with Crippen molar-refractivity contribution in [2.24, 2.45) is 5.92 Å². The van der Waals surface area contributed by atoms with Gasteiger partial charge in [-0.15, -0.1) is 0 Å². The van der Waals surface area contributed by atoms with Crippen LogP contribution in [0.3, 0.4) is 0 Å². The van der Waals surface area contributed by atoms with Gasteiger partial charge in [0.2, 0.25) is 11.8 Å². The number of carbonyl (C=O) groups is 2. The Bertz CT molecular complexity index is 1650. The van der Waals surface area contributed by atoms with Crippen molar-refractivity contribution in [1.29, 1.82) is 0 Å². The number of anilines is 1. The lowest BCUT2D eigenvalue weighted by Crippen LogP contribution is -2.53. The van der Waals surface area contributed by atoms with Gasteiger partial charge in [0.05, 0.1) is 10.6 Å². The van der Waals surface area contributed by atoms with Gasteiger partial charge in [-0.1, -0.05) is 110 Å². The highest BCUT2D eigenvalue weighted by Crippen LogP contribution is 2.27. The van der Waals surface area contributed by atoms with E-state index in [1.807, 2.05) is 44.2 Å². The highest BCUT2D eigenvalue weighted by Gasteiger charge is 2.34. The first kappa shape index (κ1) is 33.1. The topological polar surface area (TPSA) is 86.8 Å². The van der Waals surface area contributed by atoms with Crippen molar-refractivity contribution in [1.82, 2.24) is 10.2 Å². The molecule has 4 rings (SSSR count). The summed E-state index contributed by atoms with van der Waals surface area (Å²) in [5.41, 5.74) is 1.73. The number of nitrogens with zero attached hydrogens (tertiary/aromatic N) is 2. The highest BCUT2D eigenvalue weighted by atomic mass is 35.5. The van der Waals surface area contributed by atoms with Crippen LogP contribution in [0.4, 0.5) is 5.69 Å². The predicted molar refractivity (Wildman–Crippen MR) is 176 cm³/mol. The summed E-state index contributed by atoms with van der Waals surface area (Å²) < 4.78 is 29.0. The smallest absolute Gasteiger partial charge is 0.264 e. The molecule has 4 aromatic rings. The number of amides is 2. The van der Waals surface area contributed by atoms with Gasteiger partial charge in [-0.05, 0) is 53.4 Å². The molecule has 230 valence electrons. The van der Waals surface area contributed by atoms with Crippen molar-refractivity contribution < 1.29 is 18.0 Å². The Balaban J connectivity index is 1.79. The van der Waals surface area contributed by atoms with Gasteiger partial charge >= 0.3 is 0 Å². The lowest BCUT2D eigenvalue weighted by Gasteiger charge is -2.34. The molecule has 0 fully saturated rings. The Kier molecular flexibility index (Phi) is 11.4. The van der Waals surface area contributed by atoms with Crippen molar-refractivity contribution in [3.05, 3.63) is 130 Å². The Morgan fingerprint density at radius 2 is 1.41 bits per heavy atom. The number of sulfonamides is 1. The third-order valence-corrected chi connectivity index (χ3v) is 9.34. The average Bonchev–Trinajstić information content (AvgIpc) is 3.02. The van der Waals surface area contributed by atoms with Gasteiger partial charge in [0.1, 0.15) is 12.6 Å². The van der Waals surface area contributed by atoms with E-state index in [2.05, 4.69) is 5.32 Å². The summed E-state index contributed by atoms with van der Waals surface area (Å²) >= 11 is 12.7. The van der Waals surface area contributed by atoms with E-state index in [-0.39, 0.29) is 29.7 Å². The first-order valence-corrected chi connectivity index (χ1v) is 16.4. The highest BCUT2D eigenvalue weighted by molar-refractivity contribution is 7.92. The van der Waals surface area contributed by atoms with E-state index in [4.69, 9.17) is 23.2 Å². The van der Waals surface area contributed by atoms with Gasteiger partial charge in [-0.2, -0.15) is 0 Å². The molecule has 0 aliphatic carbocycles. The molecule has 1 atom stereocenters. The molecule has 4 aromatic carbocycles. The summed E-state index contributed by atoms with van der Waals surface area (Å²) in [6.07, 6.45) is 0.207. The quantitative estimate of drug-likeness (QED) is 0.176. The van der Waals surface area contributed by atoms with Crippen LogP contribution in [0.2, 0.25) is 10.0 Å². The fraction of sp³-hybridized carbons (Fsp3) is 0.235. The third kappa shape index (κ3) is 8.62. The molecule has 10 heteroatoms. The van der Waals surface area contributed by atoms with Crippen molar-refractivity contribution in [3.8, 4) is 0 Å². The molecule has 0 unspecified atom stereocenters. The molecule has 0 radical (unpaired) electrons. The molecule has 0 bridgehead atoms. The first-order valence-electron chi connectivity index (χ1n) is 14.2. The zero-order valence-electron chi connectivity index (χ0n) is 24.6. The molecule has 0 spiro atoms. The molecule has 0 aliphatic rings. The van der Waals surface area contributed by atoms with Crippen molar-refractivity contribution in [2.75, 3.05) is 17.4 Å².